The number of hydrogen-bond donors (Lipinski definition) is 1. The van der Waals surface area contributed by atoms with E-state index in [1.807, 2.05) is 7.05 Å². The molecule has 0 radical (unpaired) electrons. The summed E-state index contributed by atoms with van der Waals surface area (Å²) >= 11 is 3.65. The Morgan fingerprint density at radius 2 is 2.25 bits per heavy atom. The van der Waals surface area contributed by atoms with Crippen molar-refractivity contribution in [2.45, 2.75) is 19.4 Å². The molecule has 0 aliphatic carbocycles. The van der Waals surface area contributed by atoms with Crippen LogP contribution in [0.2, 0.25) is 0 Å². The van der Waals surface area contributed by atoms with Crippen LogP contribution in [-0.4, -0.2) is 13.7 Å². The predicted octanol–water partition coefficient (Wildman–Crippen LogP) is 3.32. The molecule has 1 atom stereocenters. The van der Waals surface area contributed by atoms with Gasteiger partial charge >= 0.3 is 0 Å². The number of nitrogens with one attached hydrogen (secondary N) is 1. The highest BCUT2D eigenvalue weighted by molar-refractivity contribution is 9.10. The van der Waals surface area contributed by atoms with Crippen molar-refractivity contribution in [1.82, 2.24) is 5.32 Å². The lowest BCUT2D eigenvalue weighted by Gasteiger charge is -2.20. The Kier molecular flexibility index (Phi) is 3.66. The molecule has 16 heavy (non-hydrogen) atoms. The van der Waals surface area contributed by atoms with Gasteiger partial charge in [-0.25, -0.2) is 0 Å². The maximum Gasteiger partial charge on any atom is 0.114 e. The fraction of sp³-hybridized carbons (Fsp3) is 0.385. The number of ether oxygens (including phenoxy) is 1. The van der Waals surface area contributed by atoms with Crippen molar-refractivity contribution in [2.75, 3.05) is 13.7 Å². The molecular weight excluding hydrogens is 266 g/mol. The van der Waals surface area contributed by atoms with Gasteiger partial charge in [0.05, 0.1) is 12.6 Å². The fourth-order valence-corrected chi connectivity index (χ4v) is 2.48. The minimum atomic E-state index is 0.150. The number of aryl methyl sites for hydroxylation is 1. The molecule has 0 fully saturated rings. The average molecular weight is 282 g/mol. The normalized spacial score (nSPS) is 16.8. The minimum absolute atomic E-state index is 0.150. The number of hydrogen-bond acceptors (Lipinski definition) is 2. The molecule has 3 heteroatoms. The van der Waals surface area contributed by atoms with Gasteiger partial charge in [-0.1, -0.05) is 34.1 Å². The van der Waals surface area contributed by atoms with E-state index in [0.717, 1.165) is 23.3 Å². The van der Waals surface area contributed by atoms with Crippen molar-refractivity contribution in [2.24, 2.45) is 0 Å². The Balaban J connectivity index is 2.36. The van der Waals surface area contributed by atoms with Gasteiger partial charge in [-0.05, 0) is 31.2 Å². The van der Waals surface area contributed by atoms with E-state index < -0.39 is 0 Å². The lowest BCUT2D eigenvalue weighted by Crippen LogP contribution is -2.19. The second-order valence-corrected chi connectivity index (χ2v) is 4.74. The van der Waals surface area contributed by atoms with E-state index in [1.165, 1.54) is 11.1 Å². The SMILES string of the molecule is CNC(C1=CCCO1)c1cccc(C)c1Br. The number of rotatable bonds is 3. The minimum Gasteiger partial charge on any atom is -0.496 e. The van der Waals surface area contributed by atoms with E-state index in [2.05, 4.69) is 52.4 Å². The first-order chi connectivity index (χ1) is 7.74. The lowest BCUT2D eigenvalue weighted by atomic mass is 10.0. The predicted molar refractivity (Wildman–Crippen MR) is 69.3 cm³/mol. The lowest BCUT2D eigenvalue weighted by molar-refractivity contribution is 0.218. The molecule has 1 unspecified atom stereocenters. The van der Waals surface area contributed by atoms with E-state index in [0.29, 0.717) is 0 Å². The second-order valence-electron chi connectivity index (χ2n) is 3.94. The molecule has 1 aliphatic rings. The van der Waals surface area contributed by atoms with Gasteiger partial charge in [0.2, 0.25) is 0 Å². The Hall–Kier alpha value is -0.800. The van der Waals surface area contributed by atoms with Gasteiger partial charge in [0, 0.05) is 10.9 Å². The summed E-state index contributed by atoms with van der Waals surface area (Å²) in [7, 11) is 1.96. The zero-order valence-corrected chi connectivity index (χ0v) is 11.2. The molecule has 1 N–H and O–H groups in total. The molecule has 0 bridgehead atoms. The van der Waals surface area contributed by atoms with Crippen LogP contribution in [0.15, 0.2) is 34.5 Å². The van der Waals surface area contributed by atoms with Gasteiger partial charge in [-0.2, -0.15) is 0 Å². The van der Waals surface area contributed by atoms with E-state index >= 15 is 0 Å². The summed E-state index contributed by atoms with van der Waals surface area (Å²) in [5, 5.41) is 3.31. The Morgan fingerprint density at radius 3 is 2.88 bits per heavy atom. The van der Waals surface area contributed by atoms with E-state index in [4.69, 9.17) is 4.74 Å². The fourth-order valence-electron chi connectivity index (χ4n) is 1.98. The molecule has 1 heterocycles. The monoisotopic (exact) mass is 281 g/mol. The first kappa shape index (κ1) is 11.7. The van der Waals surface area contributed by atoms with Crippen LogP contribution < -0.4 is 5.32 Å². The number of halogens is 1. The van der Waals surface area contributed by atoms with Crippen LogP contribution in [-0.2, 0) is 4.74 Å². The molecule has 1 aromatic carbocycles. The van der Waals surface area contributed by atoms with Gasteiger partial charge in [-0.3, -0.25) is 0 Å². The quantitative estimate of drug-likeness (QED) is 0.918. The Bertz CT molecular complexity index is 414. The summed E-state index contributed by atoms with van der Waals surface area (Å²) < 4.78 is 6.79. The largest absolute Gasteiger partial charge is 0.496 e. The third-order valence-corrected chi connectivity index (χ3v) is 3.92. The highest BCUT2D eigenvalue weighted by atomic mass is 79.9. The van der Waals surface area contributed by atoms with Gasteiger partial charge in [0.1, 0.15) is 5.76 Å². The van der Waals surface area contributed by atoms with Crippen molar-refractivity contribution in [3.8, 4) is 0 Å². The first-order valence-corrected chi connectivity index (χ1v) is 6.28. The van der Waals surface area contributed by atoms with Crippen LogP contribution in [0.5, 0.6) is 0 Å². The molecule has 0 aromatic heterocycles. The van der Waals surface area contributed by atoms with Crippen LogP contribution in [0.3, 0.4) is 0 Å². The zero-order chi connectivity index (χ0) is 11.5. The third kappa shape index (κ3) is 2.15. The molecular formula is C13H16BrNO. The van der Waals surface area contributed by atoms with E-state index in [1.54, 1.807) is 0 Å². The molecule has 0 amide bonds. The summed E-state index contributed by atoms with van der Waals surface area (Å²) in [6.45, 7) is 2.90. The topological polar surface area (TPSA) is 21.3 Å². The molecule has 0 spiro atoms. The summed E-state index contributed by atoms with van der Waals surface area (Å²) in [6.07, 6.45) is 3.17. The average Bonchev–Trinajstić information content (AvgIpc) is 2.79. The second kappa shape index (κ2) is 5.02. The van der Waals surface area contributed by atoms with Gasteiger partial charge in [-0.15, -0.1) is 0 Å². The Morgan fingerprint density at radius 1 is 1.44 bits per heavy atom. The van der Waals surface area contributed by atoms with Crippen LogP contribution >= 0.6 is 15.9 Å². The van der Waals surface area contributed by atoms with Gasteiger partial charge < -0.3 is 10.1 Å². The van der Waals surface area contributed by atoms with Crippen molar-refractivity contribution in [1.29, 1.82) is 0 Å². The van der Waals surface area contributed by atoms with Crippen LogP contribution in [0.4, 0.5) is 0 Å². The molecule has 1 aliphatic heterocycles. The van der Waals surface area contributed by atoms with Crippen LogP contribution in [0.1, 0.15) is 23.6 Å². The van der Waals surface area contributed by atoms with Gasteiger partial charge in [0.15, 0.2) is 0 Å². The highest BCUT2D eigenvalue weighted by Crippen LogP contribution is 2.32. The number of benzene rings is 1. The summed E-state index contributed by atoms with van der Waals surface area (Å²) in [4.78, 5) is 0. The van der Waals surface area contributed by atoms with E-state index in [-0.39, 0.29) is 6.04 Å². The Labute approximate surface area is 105 Å². The van der Waals surface area contributed by atoms with Crippen LogP contribution in [0, 0.1) is 6.92 Å². The molecule has 2 rings (SSSR count). The van der Waals surface area contributed by atoms with Crippen molar-refractivity contribution >= 4 is 15.9 Å². The summed E-state index contributed by atoms with van der Waals surface area (Å²) in [5.74, 6) is 1.04. The third-order valence-electron chi connectivity index (χ3n) is 2.84. The van der Waals surface area contributed by atoms with Gasteiger partial charge in [0.25, 0.3) is 0 Å². The standard InChI is InChI=1S/C13H16BrNO/c1-9-5-3-6-10(12(9)14)13(15-2)11-7-4-8-16-11/h3,5-7,13,15H,4,8H2,1-2H3. The maximum absolute atomic E-state index is 5.63. The van der Waals surface area contributed by atoms with Crippen LogP contribution in [0.25, 0.3) is 0 Å². The zero-order valence-electron chi connectivity index (χ0n) is 9.59. The molecule has 1 aromatic rings. The van der Waals surface area contributed by atoms with Crippen molar-refractivity contribution in [3.63, 3.8) is 0 Å². The van der Waals surface area contributed by atoms with Crippen molar-refractivity contribution < 1.29 is 4.74 Å². The van der Waals surface area contributed by atoms with Crippen molar-refractivity contribution in [3.05, 3.63) is 45.6 Å². The number of likely N-dealkylation sites (N-methyl/N-ethyl adjacent to an activating group) is 1. The highest BCUT2D eigenvalue weighted by Gasteiger charge is 2.21. The molecule has 2 nitrogen and oxygen atoms in total. The molecule has 86 valence electrons. The smallest absolute Gasteiger partial charge is 0.114 e. The molecule has 0 saturated heterocycles. The maximum atomic E-state index is 5.63. The van der Waals surface area contributed by atoms with E-state index in [9.17, 15) is 0 Å². The summed E-state index contributed by atoms with van der Waals surface area (Å²) in [5.41, 5.74) is 2.48. The first-order valence-electron chi connectivity index (χ1n) is 5.49. The summed E-state index contributed by atoms with van der Waals surface area (Å²) in [6, 6.07) is 6.46. The molecule has 0 saturated carbocycles.